The van der Waals surface area contributed by atoms with Crippen molar-refractivity contribution in [2.75, 3.05) is 0 Å². The summed E-state index contributed by atoms with van der Waals surface area (Å²) in [4.78, 5) is 27.1. The molecule has 1 aromatic rings. The molecule has 0 aliphatic heterocycles. The van der Waals surface area contributed by atoms with Gasteiger partial charge in [-0.25, -0.2) is 4.98 Å². The van der Waals surface area contributed by atoms with Crippen molar-refractivity contribution in [1.29, 1.82) is 0 Å². The van der Waals surface area contributed by atoms with Crippen LogP contribution >= 0.6 is 0 Å². The number of aromatic nitrogens is 1. The second-order valence-electron chi connectivity index (χ2n) is 5.80. The van der Waals surface area contributed by atoms with Gasteiger partial charge in [0.2, 0.25) is 5.88 Å². The molecule has 1 saturated carbocycles. The van der Waals surface area contributed by atoms with Gasteiger partial charge in [0.05, 0.1) is 11.5 Å². The van der Waals surface area contributed by atoms with Gasteiger partial charge in [-0.15, -0.1) is 0 Å². The molecule has 2 rings (SSSR count). The van der Waals surface area contributed by atoms with Crippen molar-refractivity contribution in [1.82, 2.24) is 10.3 Å². The lowest BCUT2D eigenvalue weighted by Crippen LogP contribution is -2.40. The van der Waals surface area contributed by atoms with Crippen LogP contribution in [0.3, 0.4) is 0 Å². The maximum Gasteiger partial charge on any atom is 0.308 e. The number of carboxylic acids is 1. The molecule has 0 aromatic carbocycles. The molecular formula is C16H22N2O4. The molecule has 1 fully saturated rings. The fourth-order valence-electron chi connectivity index (χ4n) is 2.39. The molecule has 0 saturated heterocycles. The van der Waals surface area contributed by atoms with E-state index in [9.17, 15) is 9.59 Å². The maximum absolute atomic E-state index is 12.1. The summed E-state index contributed by atoms with van der Waals surface area (Å²) < 4.78 is 5.74. The Labute approximate surface area is 129 Å². The largest absolute Gasteiger partial charge is 0.481 e. The van der Waals surface area contributed by atoms with E-state index in [4.69, 9.17) is 9.84 Å². The van der Waals surface area contributed by atoms with Crippen LogP contribution in [0.15, 0.2) is 18.3 Å². The normalized spacial score (nSPS) is 17.7. The fraction of sp³-hybridized carbons (Fsp3) is 0.562. The SMILES string of the molecule is CC(NC(=O)c1ccc(OC2CCCC2)nc1)C(C)C(=O)O. The van der Waals surface area contributed by atoms with Crippen molar-refractivity contribution in [2.24, 2.45) is 5.92 Å². The number of nitrogens with one attached hydrogen (secondary N) is 1. The number of aliphatic carboxylic acids is 1. The third-order valence-corrected chi connectivity index (χ3v) is 4.09. The van der Waals surface area contributed by atoms with Gasteiger partial charge in [0.1, 0.15) is 6.10 Å². The van der Waals surface area contributed by atoms with Crippen LogP contribution in [0.2, 0.25) is 0 Å². The minimum Gasteiger partial charge on any atom is -0.481 e. The van der Waals surface area contributed by atoms with Gasteiger partial charge < -0.3 is 15.2 Å². The van der Waals surface area contributed by atoms with Crippen LogP contribution in [0.1, 0.15) is 49.9 Å². The van der Waals surface area contributed by atoms with E-state index < -0.39 is 17.9 Å². The molecule has 6 nitrogen and oxygen atoms in total. The van der Waals surface area contributed by atoms with E-state index in [-0.39, 0.29) is 12.0 Å². The Balaban J connectivity index is 1.91. The maximum atomic E-state index is 12.1. The standard InChI is InChI=1S/C16H22N2O4/c1-10(16(20)21)11(2)18-15(19)12-7-8-14(17-9-12)22-13-5-3-4-6-13/h7-11,13H,3-6H2,1-2H3,(H,18,19)(H,20,21). The highest BCUT2D eigenvalue weighted by Crippen LogP contribution is 2.22. The van der Waals surface area contributed by atoms with E-state index in [2.05, 4.69) is 10.3 Å². The number of hydrogen-bond acceptors (Lipinski definition) is 4. The van der Waals surface area contributed by atoms with E-state index in [0.29, 0.717) is 11.4 Å². The van der Waals surface area contributed by atoms with Crippen molar-refractivity contribution in [3.05, 3.63) is 23.9 Å². The number of carboxylic acid groups (broad SMARTS) is 1. The van der Waals surface area contributed by atoms with E-state index in [1.807, 2.05) is 0 Å². The van der Waals surface area contributed by atoms with Crippen LogP contribution in [-0.4, -0.2) is 34.1 Å². The van der Waals surface area contributed by atoms with E-state index in [0.717, 1.165) is 12.8 Å². The van der Waals surface area contributed by atoms with Gasteiger partial charge in [-0.2, -0.15) is 0 Å². The summed E-state index contributed by atoms with van der Waals surface area (Å²) >= 11 is 0. The van der Waals surface area contributed by atoms with Crippen molar-refractivity contribution < 1.29 is 19.4 Å². The lowest BCUT2D eigenvalue weighted by molar-refractivity contribution is -0.141. The molecule has 1 heterocycles. The molecule has 2 unspecified atom stereocenters. The molecule has 0 spiro atoms. The summed E-state index contributed by atoms with van der Waals surface area (Å²) in [6.07, 6.45) is 6.15. The third-order valence-electron chi connectivity index (χ3n) is 4.09. The Kier molecular flexibility index (Phi) is 5.35. The molecule has 1 amide bonds. The summed E-state index contributed by atoms with van der Waals surface area (Å²) in [5, 5.41) is 11.6. The van der Waals surface area contributed by atoms with Crippen molar-refractivity contribution in [2.45, 2.75) is 51.7 Å². The second-order valence-corrected chi connectivity index (χ2v) is 5.80. The van der Waals surface area contributed by atoms with Crippen LogP contribution in [0.4, 0.5) is 0 Å². The number of carbonyl (C=O) groups is 2. The first-order chi connectivity index (χ1) is 10.5. The first-order valence-corrected chi connectivity index (χ1v) is 7.63. The number of pyridine rings is 1. The van der Waals surface area contributed by atoms with Gasteiger partial charge in [-0.1, -0.05) is 0 Å². The van der Waals surface area contributed by atoms with Gasteiger partial charge in [0.15, 0.2) is 0 Å². The van der Waals surface area contributed by atoms with E-state index >= 15 is 0 Å². The average Bonchev–Trinajstić information content (AvgIpc) is 2.99. The molecule has 2 N–H and O–H groups in total. The van der Waals surface area contributed by atoms with Gasteiger partial charge in [0, 0.05) is 18.3 Å². The highest BCUT2D eigenvalue weighted by Gasteiger charge is 2.22. The fourth-order valence-corrected chi connectivity index (χ4v) is 2.39. The summed E-state index contributed by atoms with van der Waals surface area (Å²) in [6.45, 7) is 3.23. The number of amides is 1. The molecule has 0 radical (unpaired) electrons. The molecule has 22 heavy (non-hydrogen) atoms. The molecular weight excluding hydrogens is 284 g/mol. The number of nitrogens with zero attached hydrogens (tertiary/aromatic N) is 1. The highest BCUT2D eigenvalue weighted by molar-refractivity contribution is 5.94. The number of hydrogen-bond donors (Lipinski definition) is 2. The molecule has 6 heteroatoms. The minimum atomic E-state index is -0.939. The van der Waals surface area contributed by atoms with Crippen molar-refractivity contribution in [3.63, 3.8) is 0 Å². The Bertz CT molecular complexity index is 523. The lowest BCUT2D eigenvalue weighted by atomic mass is 10.0. The first kappa shape index (κ1) is 16.3. The summed E-state index contributed by atoms with van der Waals surface area (Å²) in [6, 6.07) is 2.86. The monoisotopic (exact) mass is 306 g/mol. The molecule has 1 aliphatic carbocycles. The molecule has 120 valence electrons. The Morgan fingerprint density at radius 3 is 2.55 bits per heavy atom. The quantitative estimate of drug-likeness (QED) is 0.841. The average molecular weight is 306 g/mol. The van der Waals surface area contributed by atoms with Crippen LogP contribution in [0.5, 0.6) is 5.88 Å². The topological polar surface area (TPSA) is 88.5 Å². The van der Waals surface area contributed by atoms with Gasteiger partial charge in [0.25, 0.3) is 5.91 Å². The van der Waals surface area contributed by atoms with E-state index in [1.165, 1.54) is 19.0 Å². The zero-order chi connectivity index (χ0) is 16.1. The van der Waals surface area contributed by atoms with Crippen LogP contribution in [-0.2, 0) is 4.79 Å². The highest BCUT2D eigenvalue weighted by atomic mass is 16.5. The van der Waals surface area contributed by atoms with E-state index in [1.54, 1.807) is 26.0 Å². The lowest BCUT2D eigenvalue weighted by Gasteiger charge is -2.17. The number of rotatable bonds is 6. The summed E-state index contributed by atoms with van der Waals surface area (Å²) in [7, 11) is 0. The van der Waals surface area contributed by atoms with Crippen LogP contribution in [0.25, 0.3) is 0 Å². The van der Waals surface area contributed by atoms with Crippen LogP contribution in [0, 0.1) is 5.92 Å². The predicted octanol–water partition coefficient (Wildman–Crippen LogP) is 2.24. The molecule has 1 aromatic heterocycles. The first-order valence-electron chi connectivity index (χ1n) is 7.63. The Morgan fingerprint density at radius 2 is 2.00 bits per heavy atom. The predicted molar refractivity (Wildman–Crippen MR) is 80.8 cm³/mol. The van der Waals surface area contributed by atoms with Crippen molar-refractivity contribution in [3.8, 4) is 5.88 Å². The number of carbonyl (C=O) groups excluding carboxylic acids is 1. The zero-order valence-corrected chi connectivity index (χ0v) is 12.9. The Morgan fingerprint density at radius 1 is 1.32 bits per heavy atom. The van der Waals surface area contributed by atoms with Crippen LogP contribution < -0.4 is 10.1 Å². The number of ether oxygens (including phenoxy) is 1. The molecule has 1 aliphatic rings. The minimum absolute atomic E-state index is 0.226. The smallest absolute Gasteiger partial charge is 0.308 e. The van der Waals surface area contributed by atoms with Gasteiger partial charge in [-0.05, 0) is 45.6 Å². The third kappa shape index (κ3) is 4.19. The van der Waals surface area contributed by atoms with Gasteiger partial charge >= 0.3 is 5.97 Å². The second kappa shape index (κ2) is 7.24. The Hall–Kier alpha value is -2.11. The summed E-state index contributed by atoms with van der Waals surface area (Å²) in [5.74, 6) is -1.40. The summed E-state index contributed by atoms with van der Waals surface area (Å²) in [5.41, 5.74) is 0.392. The zero-order valence-electron chi connectivity index (χ0n) is 12.9. The van der Waals surface area contributed by atoms with Crippen molar-refractivity contribution >= 4 is 11.9 Å². The van der Waals surface area contributed by atoms with Gasteiger partial charge in [-0.3, -0.25) is 9.59 Å². The molecule has 2 atom stereocenters. The molecule has 0 bridgehead atoms.